The highest BCUT2D eigenvalue weighted by molar-refractivity contribution is 6.42. The zero-order valence-corrected chi connectivity index (χ0v) is 22.5. The molecule has 0 radical (unpaired) electrons. The van der Waals surface area contributed by atoms with Gasteiger partial charge < -0.3 is 20.3 Å². The number of nitrogen functional groups attached to an aromatic ring is 1. The normalized spacial score (nSPS) is 24.9. The number of anilines is 1. The Morgan fingerprint density at radius 1 is 1.11 bits per heavy atom. The summed E-state index contributed by atoms with van der Waals surface area (Å²) in [5.74, 6) is 0.830. The van der Waals surface area contributed by atoms with Gasteiger partial charge in [0.25, 0.3) is 0 Å². The van der Waals surface area contributed by atoms with E-state index in [1.165, 1.54) is 0 Å². The molecule has 0 bridgehead atoms. The number of hydrogen-bond donors (Lipinski definition) is 1. The Bertz CT molecular complexity index is 1090. The van der Waals surface area contributed by atoms with Gasteiger partial charge in [-0.2, -0.15) is 0 Å². The second-order valence-corrected chi connectivity index (χ2v) is 10.9. The van der Waals surface area contributed by atoms with E-state index >= 15 is 0 Å². The van der Waals surface area contributed by atoms with Crippen molar-refractivity contribution >= 4 is 40.7 Å². The number of carbonyl (C=O) groups excluding carboxylic acids is 2. The first-order valence-corrected chi connectivity index (χ1v) is 13.2. The highest BCUT2D eigenvalue weighted by Crippen LogP contribution is 2.40. The van der Waals surface area contributed by atoms with Crippen LogP contribution in [0, 0.1) is 11.8 Å². The zero-order valence-electron chi connectivity index (χ0n) is 21.0. The molecule has 36 heavy (non-hydrogen) atoms. The van der Waals surface area contributed by atoms with E-state index in [2.05, 4.69) is 4.98 Å². The lowest BCUT2D eigenvalue weighted by atomic mass is 9.84. The summed E-state index contributed by atoms with van der Waals surface area (Å²) in [6.07, 6.45) is 4.66. The van der Waals surface area contributed by atoms with Gasteiger partial charge >= 0.3 is 0 Å². The van der Waals surface area contributed by atoms with Crippen LogP contribution in [0.1, 0.15) is 51.0 Å². The van der Waals surface area contributed by atoms with Crippen LogP contribution in [-0.4, -0.2) is 58.9 Å². The maximum absolute atomic E-state index is 13.6. The average Bonchev–Trinajstić information content (AvgIpc) is 3.32. The molecule has 2 heterocycles. The number of pyridine rings is 1. The summed E-state index contributed by atoms with van der Waals surface area (Å²) in [4.78, 5) is 33.4. The molecule has 0 spiro atoms. The monoisotopic (exact) mass is 532 g/mol. The Morgan fingerprint density at radius 2 is 1.83 bits per heavy atom. The van der Waals surface area contributed by atoms with Crippen molar-refractivity contribution in [1.82, 2.24) is 14.8 Å². The van der Waals surface area contributed by atoms with E-state index in [4.69, 9.17) is 33.7 Å². The molecule has 194 valence electrons. The van der Waals surface area contributed by atoms with Crippen LogP contribution in [0.5, 0.6) is 5.88 Å². The van der Waals surface area contributed by atoms with Gasteiger partial charge in [0.1, 0.15) is 6.10 Å². The van der Waals surface area contributed by atoms with E-state index in [0.717, 1.165) is 31.2 Å². The Labute approximate surface area is 222 Å². The first-order valence-electron chi connectivity index (χ1n) is 12.5. The molecule has 1 aliphatic heterocycles. The molecule has 1 saturated carbocycles. The Hall–Kier alpha value is -2.51. The molecule has 7 nitrogen and oxygen atoms in total. The number of nitrogens with zero attached hydrogens (tertiary/aromatic N) is 3. The number of nitrogens with two attached hydrogens (primary N) is 1. The first kappa shape index (κ1) is 26.6. The number of benzene rings is 1. The molecule has 2 aliphatic rings. The van der Waals surface area contributed by atoms with Crippen molar-refractivity contribution in [2.24, 2.45) is 11.8 Å². The lowest BCUT2D eigenvalue weighted by molar-refractivity contribution is -0.136. The number of aromatic nitrogens is 1. The topological polar surface area (TPSA) is 88.8 Å². The fourth-order valence-electron chi connectivity index (χ4n) is 5.54. The van der Waals surface area contributed by atoms with Gasteiger partial charge in [-0.25, -0.2) is 4.98 Å². The third-order valence-corrected chi connectivity index (χ3v) is 8.55. The summed E-state index contributed by atoms with van der Waals surface area (Å²) in [5, 5.41) is 1.00. The third-order valence-electron chi connectivity index (χ3n) is 7.81. The van der Waals surface area contributed by atoms with Crippen LogP contribution in [0.25, 0.3) is 0 Å². The van der Waals surface area contributed by atoms with Crippen molar-refractivity contribution in [3.05, 3.63) is 52.1 Å². The van der Waals surface area contributed by atoms with Gasteiger partial charge in [-0.1, -0.05) is 29.3 Å². The van der Waals surface area contributed by atoms with E-state index in [9.17, 15) is 9.59 Å². The minimum atomic E-state index is -0.196. The second kappa shape index (κ2) is 11.3. The Balaban J connectivity index is 1.49. The van der Waals surface area contributed by atoms with Crippen LogP contribution in [0.3, 0.4) is 0 Å². The van der Waals surface area contributed by atoms with Gasteiger partial charge in [-0.05, 0) is 56.4 Å². The molecule has 4 rings (SSSR count). The molecule has 2 N–H and O–H groups in total. The number of halogens is 2. The maximum Gasteiger partial charge on any atom is 0.225 e. The van der Waals surface area contributed by atoms with Gasteiger partial charge in [0.2, 0.25) is 17.7 Å². The van der Waals surface area contributed by atoms with Crippen molar-refractivity contribution in [2.75, 3.05) is 25.9 Å². The van der Waals surface area contributed by atoms with Crippen LogP contribution in [0.15, 0.2) is 36.5 Å². The third kappa shape index (κ3) is 5.89. The smallest absolute Gasteiger partial charge is 0.225 e. The van der Waals surface area contributed by atoms with Crippen LogP contribution < -0.4 is 10.5 Å². The number of hydrogen-bond acceptors (Lipinski definition) is 5. The molecular formula is C27H34Cl2N4O3. The predicted molar refractivity (Wildman–Crippen MR) is 142 cm³/mol. The minimum absolute atomic E-state index is 0.0233. The van der Waals surface area contributed by atoms with Crippen molar-refractivity contribution in [1.29, 1.82) is 0 Å². The molecular weight excluding hydrogens is 499 g/mol. The first-order chi connectivity index (χ1) is 17.1. The molecule has 2 amide bonds. The van der Waals surface area contributed by atoms with Gasteiger partial charge in [-0.3, -0.25) is 9.59 Å². The molecule has 2 fully saturated rings. The summed E-state index contributed by atoms with van der Waals surface area (Å²) in [7, 11) is 1.85. The van der Waals surface area contributed by atoms with Crippen molar-refractivity contribution < 1.29 is 14.3 Å². The van der Waals surface area contributed by atoms with Gasteiger partial charge in [-0.15, -0.1) is 0 Å². The Morgan fingerprint density at radius 3 is 2.44 bits per heavy atom. The van der Waals surface area contributed by atoms with Gasteiger partial charge in [0, 0.05) is 56.9 Å². The summed E-state index contributed by atoms with van der Waals surface area (Å²) in [6.45, 7) is 4.79. The van der Waals surface area contributed by atoms with Crippen LogP contribution >= 0.6 is 23.2 Å². The molecule has 1 aliphatic carbocycles. The molecule has 1 aromatic heterocycles. The van der Waals surface area contributed by atoms with E-state index in [1.807, 2.05) is 31.0 Å². The van der Waals surface area contributed by atoms with Crippen molar-refractivity contribution in [3.63, 3.8) is 0 Å². The summed E-state index contributed by atoms with van der Waals surface area (Å²) in [5.41, 5.74) is 7.37. The largest absolute Gasteiger partial charge is 0.474 e. The van der Waals surface area contributed by atoms with Crippen LogP contribution in [0.4, 0.5) is 5.69 Å². The van der Waals surface area contributed by atoms with Crippen molar-refractivity contribution in [3.8, 4) is 5.88 Å². The highest BCUT2D eigenvalue weighted by Gasteiger charge is 2.42. The maximum atomic E-state index is 13.6. The van der Waals surface area contributed by atoms with E-state index in [0.29, 0.717) is 34.7 Å². The summed E-state index contributed by atoms with van der Waals surface area (Å²) >= 11 is 12.5. The molecule has 1 unspecified atom stereocenters. The minimum Gasteiger partial charge on any atom is -0.474 e. The van der Waals surface area contributed by atoms with Gasteiger partial charge in [0.15, 0.2) is 0 Å². The fraction of sp³-hybridized carbons (Fsp3) is 0.519. The summed E-state index contributed by atoms with van der Waals surface area (Å²) < 4.78 is 6.19. The standard InChI is InChI=1S/C27H34Cl2N4O3/c1-16(36-26-11-7-20(30)13-31-26)22-14-33(15-23(22)19-6-10-24(28)25(29)12-19)27(35)18-4-8-21(9-5-18)32(3)17(2)34/h6-7,10-13,16,18,21-23H,4-5,8-9,14-15,30H2,1-3H3/t16-,18-,21-,22?,23+/m0/s1. The SMILES string of the molecule is CC(=O)N(C)[C@H]1CC[C@H](C(=O)N2CC([C@H](C)Oc3ccc(N)cn3)[C@@H](c3ccc(Cl)c(Cl)c3)C2)CC1. The number of rotatable bonds is 6. The average molecular weight is 534 g/mol. The van der Waals surface area contributed by atoms with E-state index < -0.39 is 0 Å². The lowest BCUT2D eigenvalue weighted by Gasteiger charge is -2.35. The van der Waals surface area contributed by atoms with Crippen LogP contribution in [-0.2, 0) is 9.59 Å². The fourth-order valence-corrected chi connectivity index (χ4v) is 5.85. The van der Waals surface area contributed by atoms with Crippen LogP contribution in [0.2, 0.25) is 10.0 Å². The van der Waals surface area contributed by atoms with E-state index in [1.54, 1.807) is 36.2 Å². The van der Waals surface area contributed by atoms with Crippen molar-refractivity contribution in [2.45, 2.75) is 57.6 Å². The molecule has 1 aromatic carbocycles. The number of carbonyl (C=O) groups is 2. The Kier molecular flexibility index (Phi) is 8.30. The number of amides is 2. The second-order valence-electron chi connectivity index (χ2n) is 10.1. The summed E-state index contributed by atoms with van der Waals surface area (Å²) in [6, 6.07) is 9.41. The lowest BCUT2D eigenvalue weighted by Crippen LogP contribution is -2.42. The molecule has 1 saturated heterocycles. The predicted octanol–water partition coefficient (Wildman–Crippen LogP) is 5.02. The highest BCUT2D eigenvalue weighted by atomic mass is 35.5. The zero-order chi connectivity index (χ0) is 26.0. The van der Waals surface area contributed by atoms with E-state index in [-0.39, 0.29) is 41.7 Å². The molecule has 3 atom stereocenters. The number of ether oxygens (including phenoxy) is 1. The molecule has 2 aromatic rings. The molecule has 9 heteroatoms. The number of likely N-dealkylation sites (tertiary alicyclic amines) is 1. The quantitative estimate of drug-likeness (QED) is 0.564. The van der Waals surface area contributed by atoms with Gasteiger partial charge in [0.05, 0.1) is 21.9 Å².